The number of benzene rings is 3. The van der Waals surface area contributed by atoms with Gasteiger partial charge in [0.1, 0.15) is 12.2 Å². The number of amides is 4. The minimum absolute atomic E-state index is 0.00498. The molecule has 2 aliphatic rings. The molecule has 2 fully saturated rings. The summed E-state index contributed by atoms with van der Waals surface area (Å²) in [5, 5.41) is 5.44. The summed E-state index contributed by atoms with van der Waals surface area (Å²) >= 11 is 0. The molecule has 3 aromatic rings. The molecule has 230 valence electrons. The van der Waals surface area contributed by atoms with Gasteiger partial charge >= 0.3 is 6.03 Å². The van der Waals surface area contributed by atoms with Crippen LogP contribution in [0.4, 0.5) is 26.7 Å². The number of hydrogen-bond acceptors (Lipinski definition) is 4. The second-order valence-corrected chi connectivity index (χ2v) is 10.4. The molecule has 2 heterocycles. The van der Waals surface area contributed by atoms with E-state index in [-0.39, 0.29) is 32.6 Å². The zero-order valence-corrected chi connectivity index (χ0v) is 23.4. The van der Waals surface area contributed by atoms with Crippen LogP contribution < -0.4 is 5.32 Å². The summed E-state index contributed by atoms with van der Waals surface area (Å²) in [6, 6.07) is 16.0. The van der Waals surface area contributed by atoms with E-state index in [1.54, 1.807) is 30.3 Å². The maximum atomic E-state index is 14.7. The standard InChI is InChI=1S/C31H28F5N5O3/c1-2-13-39(31(44)37-15-20-11-7-4-8-12-20)40-18-24(42)41-22(14-19-9-5-3-6-10-19)30(43)38(17-23(40)41)16-21-25(32)27(34)29(36)28(35)26(21)33/h2-12,22-23H,1,13-18H2,(H,37,44)/t22-,23+/m0/s1. The van der Waals surface area contributed by atoms with Gasteiger partial charge in [0, 0.05) is 18.5 Å². The van der Waals surface area contributed by atoms with Gasteiger partial charge in [-0.1, -0.05) is 66.7 Å². The van der Waals surface area contributed by atoms with Crippen LogP contribution in [0.15, 0.2) is 73.3 Å². The first-order chi connectivity index (χ1) is 21.1. The summed E-state index contributed by atoms with van der Waals surface area (Å²) in [4.78, 5) is 42.9. The second-order valence-electron chi connectivity index (χ2n) is 10.4. The van der Waals surface area contributed by atoms with Crippen molar-refractivity contribution in [1.82, 2.24) is 25.1 Å². The number of nitrogens with one attached hydrogen (secondary N) is 1. The van der Waals surface area contributed by atoms with E-state index in [0.717, 1.165) is 10.5 Å². The van der Waals surface area contributed by atoms with Crippen molar-refractivity contribution in [3.05, 3.63) is 119 Å². The van der Waals surface area contributed by atoms with Crippen molar-refractivity contribution in [2.24, 2.45) is 0 Å². The molecule has 5 rings (SSSR count). The van der Waals surface area contributed by atoms with Crippen molar-refractivity contribution in [1.29, 1.82) is 0 Å². The largest absolute Gasteiger partial charge is 0.333 e. The number of halogens is 5. The fraction of sp³-hybridized carbons (Fsp3) is 0.258. The highest BCUT2D eigenvalue weighted by Crippen LogP contribution is 2.32. The lowest BCUT2D eigenvalue weighted by molar-refractivity contribution is -0.157. The summed E-state index contributed by atoms with van der Waals surface area (Å²) in [6.07, 6.45) is 0.444. The van der Waals surface area contributed by atoms with Gasteiger partial charge in [0.05, 0.1) is 26.2 Å². The summed E-state index contributed by atoms with van der Waals surface area (Å²) in [5.41, 5.74) is 0.303. The Hall–Kier alpha value is -4.78. The summed E-state index contributed by atoms with van der Waals surface area (Å²) < 4.78 is 71.2. The van der Waals surface area contributed by atoms with E-state index in [4.69, 9.17) is 0 Å². The highest BCUT2D eigenvalue weighted by molar-refractivity contribution is 5.91. The van der Waals surface area contributed by atoms with E-state index >= 15 is 0 Å². The lowest BCUT2D eigenvalue weighted by Crippen LogP contribution is -2.66. The molecule has 0 unspecified atom stereocenters. The van der Waals surface area contributed by atoms with Gasteiger partial charge in [0.15, 0.2) is 23.3 Å². The molecule has 1 N–H and O–H groups in total. The van der Waals surface area contributed by atoms with E-state index in [9.17, 15) is 36.3 Å². The molecule has 13 heteroatoms. The third-order valence-electron chi connectivity index (χ3n) is 7.62. The highest BCUT2D eigenvalue weighted by atomic mass is 19.2. The topological polar surface area (TPSA) is 76.2 Å². The third-order valence-corrected chi connectivity index (χ3v) is 7.62. The zero-order chi connectivity index (χ0) is 31.5. The maximum absolute atomic E-state index is 14.7. The molecule has 44 heavy (non-hydrogen) atoms. The summed E-state index contributed by atoms with van der Waals surface area (Å²) in [7, 11) is 0. The first kappa shape index (κ1) is 30.7. The molecule has 0 bridgehead atoms. The van der Waals surface area contributed by atoms with Gasteiger partial charge < -0.3 is 15.1 Å². The predicted octanol–water partition coefficient (Wildman–Crippen LogP) is 4.12. The Morgan fingerprint density at radius 3 is 2.05 bits per heavy atom. The molecule has 8 nitrogen and oxygen atoms in total. The Labute approximate surface area is 249 Å². The minimum Gasteiger partial charge on any atom is -0.333 e. The number of carbonyl (C=O) groups excluding carboxylic acids is 3. The lowest BCUT2D eigenvalue weighted by Gasteiger charge is -2.46. The molecule has 0 aliphatic carbocycles. The molecule has 4 amide bonds. The van der Waals surface area contributed by atoms with E-state index in [1.165, 1.54) is 21.0 Å². The molecule has 2 atom stereocenters. The van der Waals surface area contributed by atoms with Gasteiger partial charge in [-0.15, -0.1) is 6.58 Å². The van der Waals surface area contributed by atoms with Crippen LogP contribution in [0.5, 0.6) is 0 Å². The molecule has 0 saturated carbocycles. The number of carbonyl (C=O) groups is 3. The van der Waals surface area contributed by atoms with Crippen LogP contribution in [0, 0.1) is 29.1 Å². The molecular formula is C31H28F5N5O3. The van der Waals surface area contributed by atoms with Crippen molar-refractivity contribution in [2.75, 3.05) is 19.6 Å². The highest BCUT2D eigenvalue weighted by Gasteiger charge is 2.52. The van der Waals surface area contributed by atoms with Crippen molar-refractivity contribution in [3.8, 4) is 0 Å². The van der Waals surface area contributed by atoms with E-state index < -0.39 is 71.2 Å². The number of hydrogen-bond donors (Lipinski definition) is 1. The van der Waals surface area contributed by atoms with Crippen molar-refractivity contribution in [2.45, 2.75) is 31.7 Å². The van der Waals surface area contributed by atoms with Gasteiger partial charge in [-0.3, -0.25) is 14.6 Å². The molecule has 3 aromatic carbocycles. The van der Waals surface area contributed by atoms with Crippen LogP contribution in [0.2, 0.25) is 0 Å². The summed E-state index contributed by atoms with van der Waals surface area (Å²) in [5.74, 6) is -11.9. The Bertz CT molecular complexity index is 1550. The normalized spacial score (nSPS) is 18.4. The molecular weight excluding hydrogens is 585 g/mol. The molecule has 2 aliphatic heterocycles. The molecule has 2 saturated heterocycles. The van der Waals surface area contributed by atoms with Gasteiger partial charge in [0.2, 0.25) is 17.6 Å². The van der Waals surface area contributed by atoms with Crippen molar-refractivity contribution in [3.63, 3.8) is 0 Å². The van der Waals surface area contributed by atoms with Crippen LogP contribution >= 0.6 is 0 Å². The van der Waals surface area contributed by atoms with Gasteiger partial charge in [0.25, 0.3) is 0 Å². The number of hydrazine groups is 1. The third kappa shape index (κ3) is 5.87. The monoisotopic (exact) mass is 613 g/mol. The minimum atomic E-state index is -2.31. The molecule has 0 radical (unpaired) electrons. The fourth-order valence-corrected chi connectivity index (χ4v) is 5.50. The SMILES string of the molecule is C=CCN(C(=O)NCc1ccccc1)N1CC(=O)N2[C@@H](Cc3ccccc3)C(=O)N(Cc3c(F)c(F)c(F)c(F)c3F)C[C@@H]21. The van der Waals surface area contributed by atoms with Crippen LogP contribution in [0.25, 0.3) is 0 Å². The predicted molar refractivity (Wildman–Crippen MR) is 149 cm³/mol. The van der Waals surface area contributed by atoms with Crippen LogP contribution in [-0.2, 0) is 29.1 Å². The Morgan fingerprint density at radius 1 is 0.886 bits per heavy atom. The molecule has 0 aromatic heterocycles. The average Bonchev–Trinajstić information content (AvgIpc) is 3.36. The van der Waals surface area contributed by atoms with E-state index in [1.807, 2.05) is 30.3 Å². The number of rotatable bonds is 9. The van der Waals surface area contributed by atoms with Crippen molar-refractivity contribution >= 4 is 17.8 Å². The number of nitrogens with zero attached hydrogens (tertiary/aromatic N) is 4. The maximum Gasteiger partial charge on any atom is 0.332 e. The van der Waals surface area contributed by atoms with Gasteiger partial charge in [-0.25, -0.2) is 26.7 Å². The lowest BCUT2D eigenvalue weighted by atomic mass is 10.00. The smallest absolute Gasteiger partial charge is 0.332 e. The first-order valence-corrected chi connectivity index (χ1v) is 13.7. The van der Waals surface area contributed by atoms with Crippen molar-refractivity contribution < 1.29 is 36.3 Å². The van der Waals surface area contributed by atoms with Gasteiger partial charge in [-0.05, 0) is 11.1 Å². The summed E-state index contributed by atoms with van der Waals surface area (Å²) in [6.45, 7) is 2.19. The van der Waals surface area contributed by atoms with Crippen LogP contribution in [-0.4, -0.2) is 69.5 Å². The average molecular weight is 614 g/mol. The fourth-order valence-electron chi connectivity index (χ4n) is 5.50. The molecule has 0 spiro atoms. The quantitative estimate of drug-likeness (QED) is 0.171. The zero-order valence-electron chi connectivity index (χ0n) is 23.4. The Kier molecular flexibility index (Phi) is 8.95. The van der Waals surface area contributed by atoms with E-state index in [0.29, 0.717) is 5.56 Å². The van der Waals surface area contributed by atoms with E-state index in [2.05, 4.69) is 11.9 Å². The Balaban J connectivity index is 1.49. The first-order valence-electron chi connectivity index (χ1n) is 13.7. The number of fused-ring (bicyclic) bond motifs is 1. The number of piperazine rings is 1. The van der Waals surface area contributed by atoms with Crippen LogP contribution in [0.1, 0.15) is 16.7 Å². The van der Waals surface area contributed by atoms with Gasteiger partial charge in [-0.2, -0.15) is 5.01 Å². The van der Waals surface area contributed by atoms with Crippen LogP contribution in [0.3, 0.4) is 0 Å². The Morgan fingerprint density at radius 2 is 1.45 bits per heavy atom. The second kappa shape index (κ2) is 12.8. The number of urea groups is 1.